The first-order valence-corrected chi connectivity index (χ1v) is 9.95. The van der Waals surface area contributed by atoms with Gasteiger partial charge in [0.2, 0.25) is 12.7 Å². The van der Waals surface area contributed by atoms with Crippen molar-refractivity contribution < 1.29 is 19.1 Å². The molecule has 7 heteroatoms. The number of rotatable bonds is 3. The van der Waals surface area contributed by atoms with Crippen LogP contribution in [-0.4, -0.2) is 42.8 Å². The van der Waals surface area contributed by atoms with Crippen LogP contribution < -0.4 is 20.1 Å². The van der Waals surface area contributed by atoms with E-state index in [1.807, 2.05) is 11.0 Å². The Morgan fingerprint density at radius 2 is 1.70 bits per heavy atom. The third-order valence-electron chi connectivity index (χ3n) is 5.73. The highest BCUT2D eigenvalue weighted by molar-refractivity contribution is 5.93. The van der Waals surface area contributed by atoms with Gasteiger partial charge in [0.15, 0.2) is 11.5 Å². The molecule has 0 atom stereocenters. The number of benzene rings is 1. The van der Waals surface area contributed by atoms with Gasteiger partial charge in [0.1, 0.15) is 0 Å². The normalized spacial score (nSPS) is 20.4. The molecule has 1 aliphatic carbocycles. The number of piperidine rings is 1. The Bertz CT molecular complexity index is 694. The Hall–Kier alpha value is -2.44. The zero-order chi connectivity index (χ0) is 18.6. The third-order valence-corrected chi connectivity index (χ3v) is 5.73. The van der Waals surface area contributed by atoms with Crippen LogP contribution >= 0.6 is 0 Å². The predicted octanol–water partition coefficient (Wildman–Crippen LogP) is 3.11. The van der Waals surface area contributed by atoms with Crippen molar-refractivity contribution in [1.29, 1.82) is 0 Å². The summed E-state index contributed by atoms with van der Waals surface area (Å²) in [5.74, 6) is 1.28. The molecule has 0 aromatic heterocycles. The fraction of sp³-hybridized carbons (Fsp3) is 0.600. The van der Waals surface area contributed by atoms with Gasteiger partial charge in [0.05, 0.1) is 0 Å². The molecule has 27 heavy (non-hydrogen) atoms. The summed E-state index contributed by atoms with van der Waals surface area (Å²) in [4.78, 5) is 26.8. The molecule has 2 aliphatic heterocycles. The van der Waals surface area contributed by atoms with Gasteiger partial charge in [-0.05, 0) is 37.8 Å². The van der Waals surface area contributed by atoms with Gasteiger partial charge in [-0.1, -0.05) is 19.3 Å². The Balaban J connectivity index is 1.24. The smallest absolute Gasteiger partial charge is 0.317 e. The fourth-order valence-corrected chi connectivity index (χ4v) is 4.08. The second kappa shape index (κ2) is 8.06. The summed E-state index contributed by atoms with van der Waals surface area (Å²) in [6, 6.07) is 5.75. The second-order valence-corrected chi connectivity index (χ2v) is 7.60. The monoisotopic (exact) mass is 373 g/mol. The molecule has 3 aliphatic rings. The van der Waals surface area contributed by atoms with Crippen LogP contribution in [0.3, 0.4) is 0 Å². The lowest BCUT2D eigenvalue weighted by Gasteiger charge is -2.33. The van der Waals surface area contributed by atoms with Gasteiger partial charge < -0.3 is 25.0 Å². The van der Waals surface area contributed by atoms with E-state index in [1.165, 1.54) is 19.3 Å². The Kier molecular flexibility index (Phi) is 5.36. The van der Waals surface area contributed by atoms with Crippen molar-refractivity contribution in [3.63, 3.8) is 0 Å². The zero-order valence-corrected chi connectivity index (χ0v) is 15.5. The molecular formula is C20H27N3O4. The maximum atomic E-state index is 12.6. The molecule has 1 aromatic carbocycles. The Morgan fingerprint density at radius 3 is 2.48 bits per heavy atom. The Labute approximate surface area is 159 Å². The number of carbonyl (C=O) groups excluding carboxylic acids is 2. The zero-order valence-electron chi connectivity index (χ0n) is 15.5. The summed E-state index contributed by atoms with van der Waals surface area (Å²) in [5, 5.41) is 6.11. The fourth-order valence-electron chi connectivity index (χ4n) is 4.08. The molecule has 7 nitrogen and oxygen atoms in total. The minimum atomic E-state index is -0.0749. The van der Waals surface area contributed by atoms with Gasteiger partial charge in [-0.3, -0.25) is 4.79 Å². The summed E-state index contributed by atoms with van der Waals surface area (Å²) < 4.78 is 10.6. The second-order valence-electron chi connectivity index (χ2n) is 7.60. The van der Waals surface area contributed by atoms with Crippen molar-refractivity contribution in [1.82, 2.24) is 10.2 Å². The van der Waals surface area contributed by atoms with Gasteiger partial charge >= 0.3 is 6.03 Å². The van der Waals surface area contributed by atoms with E-state index in [0.717, 1.165) is 12.8 Å². The van der Waals surface area contributed by atoms with Crippen molar-refractivity contribution in [3.05, 3.63) is 18.2 Å². The summed E-state index contributed by atoms with van der Waals surface area (Å²) in [5.41, 5.74) is 0.710. The van der Waals surface area contributed by atoms with E-state index >= 15 is 0 Å². The summed E-state index contributed by atoms with van der Waals surface area (Å²) in [7, 11) is 0. The minimum Gasteiger partial charge on any atom is -0.454 e. The third kappa shape index (κ3) is 4.28. The van der Waals surface area contributed by atoms with Gasteiger partial charge in [-0.25, -0.2) is 4.79 Å². The van der Waals surface area contributed by atoms with Crippen LogP contribution in [0, 0.1) is 5.92 Å². The lowest BCUT2D eigenvalue weighted by atomic mass is 9.95. The van der Waals surface area contributed by atoms with Crippen LogP contribution in [0.2, 0.25) is 0 Å². The van der Waals surface area contributed by atoms with Gasteiger partial charge in [-0.15, -0.1) is 0 Å². The molecule has 2 heterocycles. The summed E-state index contributed by atoms with van der Waals surface area (Å²) in [6.45, 7) is 1.46. The number of nitrogens with one attached hydrogen (secondary N) is 2. The molecular weight excluding hydrogens is 346 g/mol. The molecule has 0 bridgehead atoms. The SMILES string of the molecule is O=C(Nc1ccc2c(c1)OCO2)C1CCN(C(=O)NC2CCCCC2)CC1. The molecule has 1 saturated carbocycles. The lowest BCUT2D eigenvalue weighted by molar-refractivity contribution is -0.121. The van der Waals surface area contributed by atoms with Crippen molar-refractivity contribution in [2.75, 3.05) is 25.2 Å². The van der Waals surface area contributed by atoms with Crippen LogP contribution in [0.4, 0.5) is 10.5 Å². The van der Waals surface area contributed by atoms with Gasteiger partial charge in [0.25, 0.3) is 0 Å². The van der Waals surface area contributed by atoms with Crippen molar-refractivity contribution in [2.45, 2.75) is 51.0 Å². The molecule has 0 radical (unpaired) electrons. The molecule has 0 unspecified atom stereocenters. The van der Waals surface area contributed by atoms with Crippen molar-refractivity contribution in [2.24, 2.45) is 5.92 Å². The number of nitrogens with zero attached hydrogens (tertiary/aromatic N) is 1. The van der Waals surface area contributed by atoms with Crippen LogP contribution in [-0.2, 0) is 4.79 Å². The first-order chi connectivity index (χ1) is 13.2. The number of fused-ring (bicyclic) bond motifs is 1. The number of hydrogen-bond acceptors (Lipinski definition) is 4. The standard InChI is InChI=1S/C20H27N3O4/c24-19(21-16-6-7-17-18(12-16)27-13-26-17)14-8-10-23(11-9-14)20(25)22-15-4-2-1-3-5-15/h6-7,12,14-15H,1-5,8-11,13H2,(H,21,24)(H,22,25). The number of likely N-dealkylation sites (tertiary alicyclic amines) is 1. The average molecular weight is 373 g/mol. The summed E-state index contributed by atoms with van der Waals surface area (Å²) >= 11 is 0. The highest BCUT2D eigenvalue weighted by Gasteiger charge is 2.28. The Morgan fingerprint density at radius 1 is 0.963 bits per heavy atom. The highest BCUT2D eigenvalue weighted by atomic mass is 16.7. The molecule has 1 saturated heterocycles. The average Bonchev–Trinajstić information content (AvgIpc) is 3.16. The first-order valence-electron chi connectivity index (χ1n) is 9.95. The van der Waals surface area contributed by atoms with E-state index in [9.17, 15) is 9.59 Å². The summed E-state index contributed by atoms with van der Waals surface area (Å²) in [6.07, 6.45) is 7.22. The quantitative estimate of drug-likeness (QED) is 0.853. The number of urea groups is 1. The van der Waals surface area contributed by atoms with E-state index in [-0.39, 0.29) is 24.6 Å². The highest BCUT2D eigenvalue weighted by Crippen LogP contribution is 2.34. The predicted molar refractivity (Wildman–Crippen MR) is 101 cm³/mol. The molecule has 1 aromatic rings. The molecule has 2 fully saturated rings. The van der Waals surface area contributed by atoms with E-state index in [1.54, 1.807) is 12.1 Å². The maximum Gasteiger partial charge on any atom is 0.317 e. The number of hydrogen-bond donors (Lipinski definition) is 2. The minimum absolute atomic E-state index is 0.00111. The van der Waals surface area contributed by atoms with Crippen LogP contribution in [0.25, 0.3) is 0 Å². The molecule has 0 spiro atoms. The molecule has 3 amide bonds. The maximum absolute atomic E-state index is 12.6. The van der Waals surface area contributed by atoms with Crippen LogP contribution in [0.1, 0.15) is 44.9 Å². The number of anilines is 1. The number of ether oxygens (including phenoxy) is 2. The molecule has 146 valence electrons. The number of carbonyl (C=O) groups is 2. The molecule has 2 N–H and O–H groups in total. The van der Waals surface area contributed by atoms with Gasteiger partial charge in [-0.2, -0.15) is 0 Å². The largest absolute Gasteiger partial charge is 0.454 e. The van der Waals surface area contributed by atoms with Gasteiger partial charge in [0, 0.05) is 36.8 Å². The van der Waals surface area contributed by atoms with E-state index in [4.69, 9.17) is 9.47 Å². The van der Waals surface area contributed by atoms with Crippen LogP contribution in [0.5, 0.6) is 11.5 Å². The van der Waals surface area contributed by atoms with E-state index < -0.39 is 0 Å². The van der Waals surface area contributed by atoms with Crippen molar-refractivity contribution in [3.8, 4) is 11.5 Å². The van der Waals surface area contributed by atoms with Crippen LogP contribution in [0.15, 0.2) is 18.2 Å². The molecule has 4 rings (SSSR count). The number of amides is 3. The topological polar surface area (TPSA) is 79.9 Å². The van der Waals surface area contributed by atoms with Crippen molar-refractivity contribution >= 4 is 17.6 Å². The first kappa shape index (κ1) is 17.9. The van der Waals surface area contributed by atoms with E-state index in [0.29, 0.717) is 49.2 Å². The van der Waals surface area contributed by atoms with E-state index in [2.05, 4.69) is 10.6 Å². The lowest BCUT2D eigenvalue weighted by Crippen LogP contribution is -2.49.